The Balaban J connectivity index is 1.78. The van der Waals surface area contributed by atoms with Crippen LogP contribution in [0.4, 0.5) is 4.39 Å². The molecule has 1 aromatic heterocycles. The Hall–Kier alpha value is -3.17. The first-order valence-corrected chi connectivity index (χ1v) is 9.21. The SMILES string of the molecule is CC(Oc1ccccc1C#N)C(=O)NC(c1ccc(F)cc1)c1cccs1. The second kappa shape index (κ2) is 8.47. The van der Waals surface area contributed by atoms with Crippen LogP contribution in [0.25, 0.3) is 0 Å². The number of amides is 1. The number of thiophene rings is 1. The number of nitrogens with one attached hydrogen (secondary N) is 1. The Morgan fingerprint density at radius 1 is 1.15 bits per heavy atom. The zero-order chi connectivity index (χ0) is 19.2. The average Bonchev–Trinajstić information content (AvgIpc) is 3.21. The van der Waals surface area contributed by atoms with Crippen LogP contribution in [0.15, 0.2) is 66.0 Å². The van der Waals surface area contributed by atoms with Gasteiger partial charge in [0.15, 0.2) is 6.10 Å². The minimum Gasteiger partial charge on any atom is -0.480 e. The molecule has 0 aliphatic carbocycles. The molecule has 0 radical (unpaired) electrons. The van der Waals surface area contributed by atoms with Crippen molar-refractivity contribution in [3.05, 3.63) is 87.9 Å². The molecule has 0 aliphatic rings. The van der Waals surface area contributed by atoms with Crippen molar-refractivity contribution in [3.8, 4) is 11.8 Å². The molecule has 6 heteroatoms. The van der Waals surface area contributed by atoms with Crippen molar-refractivity contribution >= 4 is 17.2 Å². The van der Waals surface area contributed by atoms with Gasteiger partial charge in [-0.1, -0.05) is 30.3 Å². The van der Waals surface area contributed by atoms with E-state index in [9.17, 15) is 9.18 Å². The summed E-state index contributed by atoms with van der Waals surface area (Å²) in [4.78, 5) is 13.6. The smallest absolute Gasteiger partial charge is 0.261 e. The van der Waals surface area contributed by atoms with Crippen molar-refractivity contribution in [1.82, 2.24) is 5.32 Å². The molecule has 2 unspecified atom stereocenters. The van der Waals surface area contributed by atoms with E-state index < -0.39 is 12.1 Å². The van der Waals surface area contributed by atoms with Crippen LogP contribution in [0.1, 0.15) is 29.0 Å². The Kier molecular flexibility index (Phi) is 5.84. The predicted molar refractivity (Wildman–Crippen MR) is 102 cm³/mol. The first kappa shape index (κ1) is 18.6. The molecule has 1 N–H and O–H groups in total. The summed E-state index contributed by atoms with van der Waals surface area (Å²) in [5.74, 6) is -0.303. The quantitative estimate of drug-likeness (QED) is 0.688. The van der Waals surface area contributed by atoms with E-state index in [1.807, 2.05) is 23.6 Å². The van der Waals surface area contributed by atoms with Crippen molar-refractivity contribution in [2.45, 2.75) is 19.1 Å². The van der Waals surface area contributed by atoms with E-state index in [4.69, 9.17) is 10.00 Å². The molecule has 2 aromatic carbocycles. The Morgan fingerprint density at radius 3 is 2.56 bits per heavy atom. The third kappa shape index (κ3) is 4.52. The van der Waals surface area contributed by atoms with Crippen LogP contribution in [0.2, 0.25) is 0 Å². The molecule has 1 heterocycles. The lowest BCUT2D eigenvalue weighted by Gasteiger charge is -2.21. The molecule has 0 fully saturated rings. The number of hydrogen-bond acceptors (Lipinski definition) is 4. The molecule has 0 saturated heterocycles. The second-order valence-corrected chi connectivity index (χ2v) is 6.86. The van der Waals surface area contributed by atoms with E-state index in [1.54, 1.807) is 43.3 Å². The van der Waals surface area contributed by atoms with E-state index >= 15 is 0 Å². The van der Waals surface area contributed by atoms with E-state index in [0.717, 1.165) is 10.4 Å². The van der Waals surface area contributed by atoms with Crippen molar-refractivity contribution < 1.29 is 13.9 Å². The van der Waals surface area contributed by atoms with Crippen LogP contribution in [-0.2, 0) is 4.79 Å². The average molecular weight is 380 g/mol. The molecule has 0 bridgehead atoms. The van der Waals surface area contributed by atoms with E-state index in [1.165, 1.54) is 23.5 Å². The van der Waals surface area contributed by atoms with Gasteiger partial charge in [-0.2, -0.15) is 5.26 Å². The summed E-state index contributed by atoms with van der Waals surface area (Å²) in [6.07, 6.45) is -0.803. The lowest BCUT2D eigenvalue weighted by molar-refractivity contribution is -0.127. The van der Waals surface area contributed by atoms with Gasteiger partial charge in [0.05, 0.1) is 11.6 Å². The Labute approximate surface area is 160 Å². The molecule has 136 valence electrons. The van der Waals surface area contributed by atoms with Gasteiger partial charge in [-0.05, 0) is 48.2 Å². The Morgan fingerprint density at radius 2 is 1.89 bits per heavy atom. The summed E-state index contributed by atoms with van der Waals surface area (Å²) in [5, 5.41) is 14.0. The van der Waals surface area contributed by atoms with Gasteiger partial charge in [0.25, 0.3) is 5.91 Å². The molecular formula is C21H17FN2O2S. The van der Waals surface area contributed by atoms with Gasteiger partial charge in [-0.25, -0.2) is 4.39 Å². The van der Waals surface area contributed by atoms with Gasteiger partial charge in [-0.15, -0.1) is 11.3 Å². The Bertz CT molecular complexity index is 949. The number of para-hydroxylation sites is 1. The fraction of sp³-hybridized carbons (Fsp3) is 0.143. The van der Waals surface area contributed by atoms with Crippen LogP contribution in [0, 0.1) is 17.1 Å². The zero-order valence-electron chi connectivity index (χ0n) is 14.6. The minimum atomic E-state index is -0.803. The number of carbonyl (C=O) groups is 1. The summed E-state index contributed by atoms with van der Waals surface area (Å²) in [6.45, 7) is 1.62. The molecule has 3 rings (SSSR count). The maximum Gasteiger partial charge on any atom is 0.261 e. The number of carbonyl (C=O) groups excluding carboxylic acids is 1. The number of benzene rings is 2. The van der Waals surface area contributed by atoms with Gasteiger partial charge in [0.1, 0.15) is 17.6 Å². The summed E-state index contributed by atoms with van der Waals surface area (Å²) < 4.78 is 18.9. The second-order valence-electron chi connectivity index (χ2n) is 5.88. The van der Waals surface area contributed by atoms with Gasteiger partial charge in [0.2, 0.25) is 0 Å². The fourth-order valence-electron chi connectivity index (χ4n) is 2.59. The molecular weight excluding hydrogens is 363 g/mol. The zero-order valence-corrected chi connectivity index (χ0v) is 15.4. The molecule has 1 amide bonds. The number of ether oxygens (including phenoxy) is 1. The summed E-state index contributed by atoms with van der Waals surface area (Å²) in [5.41, 5.74) is 1.14. The van der Waals surface area contributed by atoms with E-state index in [2.05, 4.69) is 5.32 Å². The number of nitrogens with zero attached hydrogens (tertiary/aromatic N) is 1. The van der Waals surface area contributed by atoms with Crippen LogP contribution in [0.5, 0.6) is 5.75 Å². The normalized spacial score (nSPS) is 12.6. The standard InChI is InChI=1S/C21H17FN2O2S/c1-14(26-18-6-3-2-5-16(18)13-23)21(25)24-20(19-7-4-12-27-19)15-8-10-17(22)11-9-15/h2-12,14,20H,1H3,(H,24,25). The minimum absolute atomic E-state index is 0.328. The number of hydrogen-bond donors (Lipinski definition) is 1. The van der Waals surface area contributed by atoms with E-state index in [-0.39, 0.29) is 11.7 Å². The van der Waals surface area contributed by atoms with Crippen LogP contribution in [0.3, 0.4) is 0 Å². The first-order chi connectivity index (χ1) is 13.1. The van der Waals surface area contributed by atoms with Crippen LogP contribution < -0.4 is 10.1 Å². The highest BCUT2D eigenvalue weighted by molar-refractivity contribution is 7.10. The third-order valence-electron chi connectivity index (χ3n) is 4.00. The highest BCUT2D eigenvalue weighted by Gasteiger charge is 2.23. The topological polar surface area (TPSA) is 62.1 Å². The van der Waals surface area contributed by atoms with Gasteiger partial charge < -0.3 is 10.1 Å². The fourth-order valence-corrected chi connectivity index (χ4v) is 3.40. The van der Waals surface area contributed by atoms with Crippen molar-refractivity contribution in [2.24, 2.45) is 0 Å². The third-order valence-corrected chi connectivity index (χ3v) is 4.94. The van der Waals surface area contributed by atoms with Crippen LogP contribution in [-0.4, -0.2) is 12.0 Å². The molecule has 0 saturated carbocycles. The highest BCUT2D eigenvalue weighted by Crippen LogP contribution is 2.27. The van der Waals surface area contributed by atoms with Crippen molar-refractivity contribution in [1.29, 1.82) is 5.26 Å². The highest BCUT2D eigenvalue weighted by atomic mass is 32.1. The summed E-state index contributed by atoms with van der Waals surface area (Å²) in [6, 6.07) is 18.2. The maximum atomic E-state index is 13.3. The van der Waals surface area contributed by atoms with Crippen LogP contribution >= 0.6 is 11.3 Å². The molecule has 4 nitrogen and oxygen atoms in total. The lowest BCUT2D eigenvalue weighted by atomic mass is 10.0. The summed E-state index contributed by atoms with van der Waals surface area (Å²) in [7, 11) is 0. The van der Waals surface area contributed by atoms with Crippen molar-refractivity contribution in [3.63, 3.8) is 0 Å². The number of halogens is 1. The molecule has 0 aliphatic heterocycles. The first-order valence-electron chi connectivity index (χ1n) is 8.33. The van der Waals surface area contributed by atoms with Crippen molar-refractivity contribution in [2.75, 3.05) is 0 Å². The number of nitriles is 1. The predicted octanol–water partition coefficient (Wildman–Crippen LogP) is 4.43. The van der Waals surface area contributed by atoms with Gasteiger partial charge in [0, 0.05) is 4.88 Å². The van der Waals surface area contributed by atoms with Gasteiger partial charge >= 0.3 is 0 Å². The van der Waals surface area contributed by atoms with E-state index in [0.29, 0.717) is 11.3 Å². The number of rotatable bonds is 6. The monoisotopic (exact) mass is 380 g/mol. The molecule has 3 aromatic rings. The molecule has 0 spiro atoms. The summed E-state index contributed by atoms with van der Waals surface area (Å²) >= 11 is 1.50. The largest absolute Gasteiger partial charge is 0.480 e. The maximum absolute atomic E-state index is 13.3. The lowest BCUT2D eigenvalue weighted by Crippen LogP contribution is -2.38. The molecule has 27 heavy (non-hydrogen) atoms. The van der Waals surface area contributed by atoms with Gasteiger partial charge in [-0.3, -0.25) is 4.79 Å². The molecule has 2 atom stereocenters.